The minimum absolute atomic E-state index is 0.190. The lowest BCUT2D eigenvalue weighted by molar-refractivity contribution is -0.126. The zero-order valence-electron chi connectivity index (χ0n) is 8.08. The molecule has 1 aromatic rings. The van der Waals surface area contributed by atoms with E-state index >= 15 is 0 Å². The van der Waals surface area contributed by atoms with Gasteiger partial charge in [-0.05, 0) is 18.1 Å². The summed E-state index contributed by atoms with van der Waals surface area (Å²) in [6, 6.07) is 10.1. The largest absolute Gasteiger partial charge is 0.300 e. The number of hydrogen-bond donors (Lipinski definition) is 0. The second kappa shape index (κ2) is 2.95. The molecule has 14 heavy (non-hydrogen) atoms. The van der Waals surface area contributed by atoms with Gasteiger partial charge in [0, 0.05) is 12.8 Å². The molecule has 1 aromatic carbocycles. The Bertz CT molecular complexity index is 420. The van der Waals surface area contributed by atoms with Crippen LogP contribution in [0.5, 0.6) is 0 Å². The smallest absolute Gasteiger partial charge is 0.136 e. The number of benzene rings is 1. The SMILES string of the molecule is Cc1ccccc1C1(C#N)CC(=O)C1. The maximum atomic E-state index is 11.0. The second-order valence-corrected chi connectivity index (χ2v) is 3.90. The first-order chi connectivity index (χ1) is 6.68. The van der Waals surface area contributed by atoms with Gasteiger partial charge in [-0.15, -0.1) is 0 Å². The summed E-state index contributed by atoms with van der Waals surface area (Å²) >= 11 is 0. The standard InChI is InChI=1S/C12H11NO/c1-9-4-2-3-5-11(9)12(8-13)6-10(14)7-12/h2-5H,6-7H2,1H3. The van der Waals surface area contributed by atoms with Crippen LogP contribution in [0.1, 0.15) is 24.0 Å². The van der Waals surface area contributed by atoms with Crippen LogP contribution in [-0.4, -0.2) is 5.78 Å². The second-order valence-electron chi connectivity index (χ2n) is 3.90. The fraction of sp³-hybridized carbons (Fsp3) is 0.333. The number of ketones is 1. The normalized spacial score (nSPS) is 18.4. The van der Waals surface area contributed by atoms with Gasteiger partial charge in [0.25, 0.3) is 0 Å². The van der Waals surface area contributed by atoms with Crippen molar-refractivity contribution in [1.82, 2.24) is 0 Å². The van der Waals surface area contributed by atoms with Crippen molar-refractivity contribution in [2.24, 2.45) is 0 Å². The molecule has 1 aliphatic rings. The zero-order valence-corrected chi connectivity index (χ0v) is 8.08. The van der Waals surface area contributed by atoms with Crippen molar-refractivity contribution in [2.75, 3.05) is 0 Å². The molecule has 0 heterocycles. The van der Waals surface area contributed by atoms with Crippen LogP contribution in [-0.2, 0) is 10.2 Å². The first kappa shape index (κ1) is 8.96. The number of rotatable bonds is 1. The van der Waals surface area contributed by atoms with E-state index in [4.69, 9.17) is 5.26 Å². The van der Waals surface area contributed by atoms with E-state index in [-0.39, 0.29) is 5.78 Å². The molecule has 70 valence electrons. The summed E-state index contributed by atoms with van der Waals surface area (Å²) in [4.78, 5) is 11.0. The van der Waals surface area contributed by atoms with Crippen molar-refractivity contribution in [2.45, 2.75) is 25.2 Å². The molecule has 1 saturated carbocycles. The first-order valence-electron chi connectivity index (χ1n) is 4.67. The molecule has 0 saturated heterocycles. The Morgan fingerprint density at radius 2 is 2.00 bits per heavy atom. The maximum Gasteiger partial charge on any atom is 0.136 e. The number of hydrogen-bond acceptors (Lipinski definition) is 2. The molecule has 0 aliphatic heterocycles. The lowest BCUT2D eigenvalue weighted by Gasteiger charge is -2.35. The van der Waals surface area contributed by atoms with Gasteiger partial charge in [-0.25, -0.2) is 0 Å². The van der Waals surface area contributed by atoms with E-state index in [0.29, 0.717) is 12.8 Å². The van der Waals surface area contributed by atoms with E-state index in [2.05, 4.69) is 6.07 Å². The molecule has 2 nitrogen and oxygen atoms in total. The lowest BCUT2D eigenvalue weighted by atomic mass is 9.64. The fourth-order valence-corrected chi connectivity index (χ4v) is 2.06. The van der Waals surface area contributed by atoms with E-state index < -0.39 is 5.41 Å². The highest BCUT2D eigenvalue weighted by Crippen LogP contribution is 2.41. The van der Waals surface area contributed by atoms with E-state index in [1.807, 2.05) is 31.2 Å². The minimum Gasteiger partial charge on any atom is -0.300 e. The Morgan fingerprint density at radius 3 is 2.50 bits per heavy atom. The average molecular weight is 185 g/mol. The van der Waals surface area contributed by atoms with Crippen LogP contribution >= 0.6 is 0 Å². The zero-order chi connectivity index (χ0) is 10.2. The van der Waals surface area contributed by atoms with Crippen molar-refractivity contribution in [1.29, 1.82) is 5.26 Å². The molecule has 0 amide bonds. The molecule has 2 rings (SSSR count). The number of nitriles is 1. The van der Waals surface area contributed by atoms with Crippen molar-refractivity contribution in [3.63, 3.8) is 0 Å². The third-order valence-electron chi connectivity index (χ3n) is 2.87. The quantitative estimate of drug-likeness (QED) is 0.672. The van der Waals surface area contributed by atoms with E-state index in [1.165, 1.54) is 0 Å². The number of nitrogens with zero attached hydrogens (tertiary/aromatic N) is 1. The molecular weight excluding hydrogens is 174 g/mol. The van der Waals surface area contributed by atoms with E-state index in [9.17, 15) is 4.79 Å². The van der Waals surface area contributed by atoms with E-state index in [0.717, 1.165) is 11.1 Å². The highest BCUT2D eigenvalue weighted by atomic mass is 16.1. The first-order valence-corrected chi connectivity index (χ1v) is 4.67. The minimum atomic E-state index is -0.525. The summed E-state index contributed by atoms with van der Waals surface area (Å²) in [7, 11) is 0. The Balaban J connectivity index is 2.45. The summed E-state index contributed by atoms with van der Waals surface area (Å²) in [6.45, 7) is 1.98. The summed E-state index contributed by atoms with van der Waals surface area (Å²) < 4.78 is 0. The molecule has 0 radical (unpaired) electrons. The van der Waals surface area contributed by atoms with Crippen molar-refractivity contribution in [3.8, 4) is 6.07 Å². The Labute approximate surface area is 83.2 Å². The number of aryl methyl sites for hydroxylation is 1. The Hall–Kier alpha value is -1.62. The van der Waals surface area contributed by atoms with E-state index in [1.54, 1.807) is 0 Å². The number of Topliss-reactive ketones (excluding diaryl/α,β-unsaturated/α-hetero) is 1. The predicted octanol–water partition coefficient (Wildman–Crippen LogP) is 2.12. The van der Waals surface area contributed by atoms with Crippen LogP contribution in [0.4, 0.5) is 0 Å². The molecule has 0 unspecified atom stereocenters. The van der Waals surface area contributed by atoms with Gasteiger partial charge < -0.3 is 0 Å². The van der Waals surface area contributed by atoms with Crippen LogP contribution in [0.2, 0.25) is 0 Å². The van der Waals surface area contributed by atoms with Gasteiger partial charge in [-0.2, -0.15) is 5.26 Å². The van der Waals surface area contributed by atoms with Gasteiger partial charge >= 0.3 is 0 Å². The Morgan fingerprint density at radius 1 is 1.36 bits per heavy atom. The van der Waals surface area contributed by atoms with Crippen LogP contribution in [0, 0.1) is 18.3 Å². The molecule has 0 atom stereocenters. The summed E-state index contributed by atoms with van der Waals surface area (Å²) in [5.41, 5.74) is 1.59. The molecular formula is C12H11NO. The highest BCUT2D eigenvalue weighted by molar-refractivity contribution is 5.90. The van der Waals surface area contributed by atoms with Crippen molar-refractivity contribution < 1.29 is 4.79 Å². The Kier molecular flexibility index (Phi) is 1.89. The molecule has 1 fully saturated rings. The third-order valence-corrected chi connectivity index (χ3v) is 2.87. The summed E-state index contributed by atoms with van der Waals surface area (Å²) in [6.07, 6.45) is 0.767. The molecule has 2 heteroatoms. The number of carbonyl (C=O) groups is 1. The molecule has 1 aliphatic carbocycles. The molecule has 0 aromatic heterocycles. The van der Waals surface area contributed by atoms with Gasteiger partial charge in [-0.3, -0.25) is 4.79 Å². The van der Waals surface area contributed by atoms with Gasteiger partial charge in [0.15, 0.2) is 0 Å². The van der Waals surface area contributed by atoms with Crippen LogP contribution in [0.3, 0.4) is 0 Å². The van der Waals surface area contributed by atoms with Gasteiger partial charge in [-0.1, -0.05) is 24.3 Å². The monoisotopic (exact) mass is 185 g/mol. The third kappa shape index (κ3) is 1.13. The molecule has 0 spiro atoms. The van der Waals surface area contributed by atoms with Crippen molar-refractivity contribution >= 4 is 5.78 Å². The molecule has 0 N–H and O–H groups in total. The predicted molar refractivity (Wildman–Crippen MR) is 52.7 cm³/mol. The summed E-state index contributed by atoms with van der Waals surface area (Å²) in [5.74, 6) is 0.190. The average Bonchev–Trinajstić information content (AvgIpc) is 2.14. The van der Waals surface area contributed by atoms with Gasteiger partial charge in [0.05, 0.1) is 11.5 Å². The highest BCUT2D eigenvalue weighted by Gasteiger charge is 2.45. The summed E-state index contributed by atoms with van der Waals surface area (Å²) in [5, 5.41) is 9.13. The van der Waals surface area contributed by atoms with Crippen LogP contribution in [0.15, 0.2) is 24.3 Å². The number of carbonyl (C=O) groups excluding carboxylic acids is 1. The van der Waals surface area contributed by atoms with Crippen molar-refractivity contribution in [3.05, 3.63) is 35.4 Å². The van der Waals surface area contributed by atoms with Gasteiger partial charge in [0.1, 0.15) is 5.78 Å². The molecule has 0 bridgehead atoms. The topological polar surface area (TPSA) is 40.9 Å². The fourth-order valence-electron chi connectivity index (χ4n) is 2.06. The van der Waals surface area contributed by atoms with Gasteiger partial charge in [0.2, 0.25) is 0 Å². The lowest BCUT2D eigenvalue weighted by Crippen LogP contribution is -2.40. The van der Waals surface area contributed by atoms with Crippen LogP contribution in [0.25, 0.3) is 0 Å². The maximum absolute atomic E-state index is 11.0. The van der Waals surface area contributed by atoms with Crippen LogP contribution < -0.4 is 0 Å².